The molecule has 168 valence electrons. The third kappa shape index (κ3) is 6.22. The Bertz CT molecular complexity index is 730. The molecule has 0 aromatic heterocycles. The summed E-state index contributed by atoms with van der Waals surface area (Å²) in [7, 11) is 0. The van der Waals surface area contributed by atoms with Crippen LogP contribution < -0.4 is 0 Å². The Hall–Kier alpha value is -1.57. The number of hydrogen-bond donors (Lipinski definition) is 3. The molecule has 1 aliphatic carbocycles. The lowest BCUT2D eigenvalue weighted by Gasteiger charge is -2.35. The van der Waals surface area contributed by atoms with Gasteiger partial charge in [-0.2, -0.15) is 0 Å². The Balaban J connectivity index is 1.95. The maximum Gasteiger partial charge on any atom is 0.197 e. The zero-order valence-corrected chi connectivity index (χ0v) is 18.7. The molecule has 0 radical (unpaired) electrons. The van der Waals surface area contributed by atoms with Crippen molar-refractivity contribution >= 4 is 5.78 Å². The monoisotopic (exact) mass is 420 g/mol. The van der Waals surface area contributed by atoms with E-state index in [0.29, 0.717) is 0 Å². The molecule has 2 unspecified atom stereocenters. The predicted octanol–water partition coefficient (Wildman–Crippen LogP) is 2.98. The van der Waals surface area contributed by atoms with Crippen molar-refractivity contribution in [3.63, 3.8) is 0 Å². The highest BCUT2D eigenvalue weighted by Crippen LogP contribution is 2.40. The summed E-state index contributed by atoms with van der Waals surface area (Å²) in [5.74, 6) is -0.808. The molecule has 1 fully saturated rings. The van der Waals surface area contributed by atoms with Crippen LogP contribution in [0.4, 0.5) is 0 Å². The third-order valence-corrected chi connectivity index (χ3v) is 5.83. The Morgan fingerprint density at radius 2 is 2.03 bits per heavy atom. The number of allylic oxidation sites excluding steroid dienone is 7. The minimum Gasteiger partial charge on any atom is -0.394 e. The van der Waals surface area contributed by atoms with Crippen LogP contribution in [0.1, 0.15) is 53.9 Å². The number of aliphatic hydroxyl groups is 3. The fourth-order valence-electron chi connectivity index (χ4n) is 3.96. The standard InChI is InChI=1S/C24H36O6/c1-15(11-12-18-16(2)9-7-13-24(18,4)5)8-6-10-17(3)29-23-22(28)21(27)20(26)19(14-25)30-23/h6,8,10-12,17,19-20,22-23,25-26,28H,7,9,13-14H2,1-5H3/b10-6+,12-11+,15-8+/t17?,19-,20-,22-,23?/m1/s1. The zero-order chi connectivity index (χ0) is 22.5. The second-order valence-corrected chi connectivity index (χ2v) is 8.92. The van der Waals surface area contributed by atoms with Crippen molar-refractivity contribution in [1.82, 2.24) is 0 Å². The highest BCUT2D eigenvalue weighted by atomic mass is 16.7. The van der Waals surface area contributed by atoms with Crippen LogP contribution in [-0.4, -0.2) is 58.4 Å². The van der Waals surface area contributed by atoms with E-state index >= 15 is 0 Å². The largest absolute Gasteiger partial charge is 0.394 e. The molecule has 0 aromatic rings. The summed E-state index contributed by atoms with van der Waals surface area (Å²) in [6.45, 7) is 10.0. The molecule has 2 aliphatic rings. The minimum absolute atomic E-state index is 0.204. The van der Waals surface area contributed by atoms with Gasteiger partial charge in [-0.05, 0) is 51.0 Å². The van der Waals surface area contributed by atoms with E-state index in [2.05, 4.69) is 32.9 Å². The number of hydrogen-bond acceptors (Lipinski definition) is 6. The Kier molecular flexibility index (Phi) is 8.76. The van der Waals surface area contributed by atoms with Crippen LogP contribution in [0.3, 0.4) is 0 Å². The van der Waals surface area contributed by atoms with Crippen molar-refractivity contribution < 1.29 is 29.6 Å². The van der Waals surface area contributed by atoms with E-state index in [1.807, 2.05) is 19.1 Å². The first-order chi connectivity index (χ1) is 14.1. The van der Waals surface area contributed by atoms with Gasteiger partial charge in [-0.15, -0.1) is 0 Å². The van der Waals surface area contributed by atoms with E-state index in [0.717, 1.165) is 12.0 Å². The van der Waals surface area contributed by atoms with Gasteiger partial charge < -0.3 is 24.8 Å². The summed E-state index contributed by atoms with van der Waals surface area (Å²) >= 11 is 0. The lowest BCUT2D eigenvalue weighted by Crippen LogP contribution is -2.57. The molecule has 1 saturated heterocycles. The van der Waals surface area contributed by atoms with Crippen molar-refractivity contribution in [1.29, 1.82) is 0 Å². The van der Waals surface area contributed by atoms with Gasteiger partial charge in [0.15, 0.2) is 18.2 Å². The normalized spacial score (nSPS) is 31.7. The molecule has 30 heavy (non-hydrogen) atoms. The number of ketones is 1. The summed E-state index contributed by atoms with van der Waals surface area (Å²) in [5, 5.41) is 28.8. The highest BCUT2D eigenvalue weighted by molar-refractivity contribution is 5.88. The molecule has 5 atom stereocenters. The molecule has 0 spiro atoms. The van der Waals surface area contributed by atoms with E-state index in [-0.39, 0.29) is 5.41 Å². The fraction of sp³-hybridized carbons (Fsp3) is 0.625. The second kappa shape index (κ2) is 10.6. The van der Waals surface area contributed by atoms with Crippen molar-refractivity contribution in [3.8, 4) is 0 Å². The van der Waals surface area contributed by atoms with Crippen LogP contribution in [0.25, 0.3) is 0 Å². The van der Waals surface area contributed by atoms with Crippen LogP contribution in [0.5, 0.6) is 0 Å². The summed E-state index contributed by atoms with van der Waals surface area (Å²) < 4.78 is 10.9. The van der Waals surface area contributed by atoms with Crippen LogP contribution >= 0.6 is 0 Å². The number of ether oxygens (including phenoxy) is 2. The molecule has 6 heteroatoms. The molecule has 0 amide bonds. The van der Waals surface area contributed by atoms with Crippen molar-refractivity contribution in [2.24, 2.45) is 5.41 Å². The molecular formula is C24H36O6. The molecule has 2 rings (SSSR count). The van der Waals surface area contributed by atoms with E-state index < -0.39 is 43.1 Å². The minimum atomic E-state index is -1.59. The van der Waals surface area contributed by atoms with E-state index in [4.69, 9.17) is 9.47 Å². The predicted molar refractivity (Wildman–Crippen MR) is 116 cm³/mol. The molecule has 0 bridgehead atoms. The van der Waals surface area contributed by atoms with Gasteiger partial charge in [-0.3, -0.25) is 4.79 Å². The van der Waals surface area contributed by atoms with E-state index in [9.17, 15) is 20.1 Å². The molecular weight excluding hydrogens is 384 g/mol. The van der Waals surface area contributed by atoms with Crippen molar-refractivity contribution in [2.75, 3.05) is 6.61 Å². The first-order valence-corrected chi connectivity index (χ1v) is 10.6. The molecule has 0 aromatic carbocycles. The Morgan fingerprint density at radius 1 is 1.33 bits per heavy atom. The lowest BCUT2D eigenvalue weighted by molar-refractivity contribution is -0.262. The second-order valence-electron chi connectivity index (χ2n) is 8.92. The smallest absolute Gasteiger partial charge is 0.197 e. The molecule has 0 saturated carbocycles. The van der Waals surface area contributed by atoms with Gasteiger partial charge in [0.2, 0.25) is 0 Å². The van der Waals surface area contributed by atoms with Gasteiger partial charge in [-0.1, -0.05) is 55.4 Å². The summed E-state index contributed by atoms with van der Waals surface area (Å²) in [5.41, 5.74) is 4.17. The number of carbonyl (C=O) groups is 1. The van der Waals surface area contributed by atoms with Crippen LogP contribution in [-0.2, 0) is 14.3 Å². The van der Waals surface area contributed by atoms with Gasteiger partial charge in [0.1, 0.15) is 12.2 Å². The first-order valence-electron chi connectivity index (χ1n) is 10.6. The van der Waals surface area contributed by atoms with Crippen LogP contribution in [0, 0.1) is 5.41 Å². The highest BCUT2D eigenvalue weighted by Gasteiger charge is 2.44. The number of Topliss-reactive ketones (excluding diaryl/α,β-unsaturated/α-hetero) is 1. The quantitative estimate of drug-likeness (QED) is 0.548. The third-order valence-electron chi connectivity index (χ3n) is 5.83. The van der Waals surface area contributed by atoms with Gasteiger partial charge in [-0.25, -0.2) is 0 Å². The maximum atomic E-state index is 11.9. The summed E-state index contributed by atoms with van der Waals surface area (Å²) in [6, 6.07) is 0. The number of aliphatic hydroxyl groups excluding tert-OH is 3. The number of rotatable bonds is 7. The maximum absolute atomic E-state index is 11.9. The lowest BCUT2D eigenvalue weighted by atomic mass is 9.72. The van der Waals surface area contributed by atoms with Crippen LogP contribution in [0.2, 0.25) is 0 Å². The summed E-state index contributed by atoms with van der Waals surface area (Å²) in [4.78, 5) is 11.9. The Labute approximate surface area is 179 Å². The SMILES string of the molecule is CC1=C(/C=C/C(C)=C/C=C/C(C)OC2O[C@H](CO)[C@@H](O)C(=O)[C@H]2O)C(C)(C)CCC1. The van der Waals surface area contributed by atoms with Crippen molar-refractivity contribution in [2.45, 2.75) is 84.6 Å². The first kappa shape index (κ1) is 24.7. The topological polar surface area (TPSA) is 96.2 Å². The van der Waals surface area contributed by atoms with Crippen molar-refractivity contribution in [3.05, 3.63) is 47.1 Å². The fourth-order valence-corrected chi connectivity index (χ4v) is 3.96. The summed E-state index contributed by atoms with van der Waals surface area (Å²) in [6.07, 6.45) is 7.62. The number of carbonyl (C=O) groups excluding carboxylic acids is 1. The van der Waals surface area contributed by atoms with Crippen LogP contribution in [0.15, 0.2) is 47.1 Å². The zero-order valence-electron chi connectivity index (χ0n) is 18.7. The molecule has 3 N–H and O–H groups in total. The van der Waals surface area contributed by atoms with Gasteiger partial charge >= 0.3 is 0 Å². The average molecular weight is 421 g/mol. The van der Waals surface area contributed by atoms with Gasteiger partial charge in [0.25, 0.3) is 0 Å². The van der Waals surface area contributed by atoms with E-state index in [1.165, 1.54) is 24.0 Å². The van der Waals surface area contributed by atoms with Gasteiger partial charge in [0, 0.05) is 0 Å². The Morgan fingerprint density at radius 3 is 2.67 bits per heavy atom. The van der Waals surface area contributed by atoms with Gasteiger partial charge in [0.05, 0.1) is 12.7 Å². The molecule has 1 heterocycles. The molecule has 6 nitrogen and oxygen atoms in total. The average Bonchev–Trinajstić information content (AvgIpc) is 2.67. The molecule has 1 aliphatic heterocycles. The van der Waals surface area contributed by atoms with E-state index in [1.54, 1.807) is 13.0 Å².